The second kappa shape index (κ2) is 7.09. The lowest BCUT2D eigenvalue weighted by molar-refractivity contribution is 0.422. The molecule has 0 amide bonds. The maximum absolute atomic E-state index is 5.49. The van der Waals surface area contributed by atoms with Crippen LogP contribution in [0.5, 0.6) is 0 Å². The third-order valence-electron chi connectivity index (χ3n) is 3.99. The zero-order chi connectivity index (χ0) is 16.9. The largest absolute Gasteiger partial charge is 0.334 e. The average Bonchev–Trinajstić information content (AvgIpc) is 3.33. The molecule has 0 bridgehead atoms. The molecule has 0 aliphatic carbocycles. The summed E-state index contributed by atoms with van der Waals surface area (Å²) in [7, 11) is 0. The number of hydrogen-bond acceptors (Lipinski definition) is 5. The Morgan fingerprint density at radius 2 is 1.76 bits per heavy atom. The van der Waals surface area contributed by atoms with Gasteiger partial charge in [0.2, 0.25) is 0 Å². The van der Waals surface area contributed by atoms with Gasteiger partial charge in [0, 0.05) is 12.0 Å². The minimum absolute atomic E-state index is 0.541. The molecular formula is C19H17N5O. The van der Waals surface area contributed by atoms with Gasteiger partial charge in [-0.2, -0.15) is 10.1 Å². The Morgan fingerprint density at radius 3 is 2.60 bits per heavy atom. The molecule has 124 valence electrons. The first-order valence-corrected chi connectivity index (χ1v) is 8.16. The van der Waals surface area contributed by atoms with E-state index in [0.29, 0.717) is 12.4 Å². The molecule has 2 heterocycles. The van der Waals surface area contributed by atoms with Crippen LogP contribution < -0.4 is 0 Å². The van der Waals surface area contributed by atoms with Gasteiger partial charge < -0.3 is 4.52 Å². The van der Waals surface area contributed by atoms with Gasteiger partial charge in [0.05, 0.1) is 6.54 Å². The lowest BCUT2D eigenvalue weighted by atomic mass is 10.1. The SMILES string of the molecule is c1ccc(CCc2noc(-c3ccccc3Cn3cncn3)n2)cc1. The summed E-state index contributed by atoms with van der Waals surface area (Å²) in [6, 6.07) is 18.3. The summed E-state index contributed by atoms with van der Waals surface area (Å²) in [6.45, 7) is 0.609. The Morgan fingerprint density at radius 1 is 0.920 bits per heavy atom. The van der Waals surface area contributed by atoms with Crippen LogP contribution in [0.4, 0.5) is 0 Å². The Bertz CT molecular complexity index is 931. The van der Waals surface area contributed by atoms with Gasteiger partial charge in [-0.15, -0.1) is 0 Å². The number of benzene rings is 2. The van der Waals surface area contributed by atoms with Crippen molar-refractivity contribution in [2.24, 2.45) is 0 Å². The minimum Gasteiger partial charge on any atom is -0.334 e. The number of rotatable bonds is 6. The van der Waals surface area contributed by atoms with Crippen LogP contribution in [-0.2, 0) is 19.4 Å². The highest BCUT2D eigenvalue weighted by Gasteiger charge is 2.13. The van der Waals surface area contributed by atoms with Gasteiger partial charge in [0.15, 0.2) is 5.82 Å². The molecule has 2 aromatic carbocycles. The van der Waals surface area contributed by atoms with E-state index >= 15 is 0 Å². The molecule has 0 aliphatic heterocycles. The van der Waals surface area contributed by atoms with Crippen molar-refractivity contribution in [3.63, 3.8) is 0 Å². The van der Waals surface area contributed by atoms with Crippen molar-refractivity contribution in [1.29, 1.82) is 0 Å². The Balaban J connectivity index is 1.52. The first-order valence-electron chi connectivity index (χ1n) is 8.16. The topological polar surface area (TPSA) is 69.6 Å². The first kappa shape index (κ1) is 15.3. The van der Waals surface area contributed by atoms with Gasteiger partial charge in [-0.05, 0) is 23.6 Å². The average molecular weight is 331 g/mol. The zero-order valence-corrected chi connectivity index (χ0v) is 13.6. The fourth-order valence-corrected chi connectivity index (χ4v) is 2.72. The number of nitrogens with zero attached hydrogens (tertiary/aromatic N) is 5. The smallest absolute Gasteiger partial charge is 0.258 e. The van der Waals surface area contributed by atoms with Crippen LogP contribution in [0.1, 0.15) is 17.0 Å². The summed E-state index contributed by atoms with van der Waals surface area (Å²) in [5.74, 6) is 1.26. The predicted octanol–water partition coefficient (Wildman–Crippen LogP) is 3.16. The predicted molar refractivity (Wildman–Crippen MR) is 92.7 cm³/mol. The summed E-state index contributed by atoms with van der Waals surface area (Å²) in [5.41, 5.74) is 3.25. The summed E-state index contributed by atoms with van der Waals surface area (Å²) in [4.78, 5) is 8.54. The van der Waals surface area contributed by atoms with Crippen molar-refractivity contribution in [3.05, 3.63) is 84.2 Å². The maximum atomic E-state index is 5.49. The lowest BCUT2D eigenvalue weighted by Crippen LogP contribution is -2.01. The van der Waals surface area contributed by atoms with Crippen LogP contribution in [0, 0.1) is 0 Å². The molecule has 25 heavy (non-hydrogen) atoms. The second-order valence-electron chi connectivity index (χ2n) is 5.75. The third kappa shape index (κ3) is 3.63. The number of aryl methyl sites for hydroxylation is 2. The van der Waals surface area contributed by atoms with Crippen LogP contribution in [-0.4, -0.2) is 24.9 Å². The van der Waals surface area contributed by atoms with Gasteiger partial charge in [-0.25, -0.2) is 9.67 Å². The summed E-state index contributed by atoms with van der Waals surface area (Å²) < 4.78 is 7.26. The molecule has 4 rings (SSSR count). The van der Waals surface area contributed by atoms with Crippen molar-refractivity contribution in [2.75, 3.05) is 0 Å². The molecule has 0 spiro atoms. The van der Waals surface area contributed by atoms with Gasteiger partial charge in [-0.1, -0.05) is 53.7 Å². The minimum atomic E-state index is 0.541. The molecule has 0 fully saturated rings. The maximum Gasteiger partial charge on any atom is 0.258 e. The van der Waals surface area contributed by atoms with E-state index in [2.05, 4.69) is 32.4 Å². The molecule has 6 heteroatoms. The fraction of sp³-hybridized carbons (Fsp3) is 0.158. The number of aromatic nitrogens is 5. The molecule has 0 radical (unpaired) electrons. The third-order valence-corrected chi connectivity index (χ3v) is 3.99. The molecule has 0 saturated heterocycles. The normalized spacial score (nSPS) is 10.9. The van der Waals surface area contributed by atoms with E-state index in [1.165, 1.54) is 11.9 Å². The molecule has 0 aliphatic rings. The molecule has 4 aromatic rings. The van der Waals surface area contributed by atoms with Crippen LogP contribution in [0.3, 0.4) is 0 Å². The summed E-state index contributed by atoms with van der Waals surface area (Å²) >= 11 is 0. The van der Waals surface area contributed by atoms with Crippen LogP contribution in [0.15, 0.2) is 71.8 Å². The van der Waals surface area contributed by atoms with Crippen molar-refractivity contribution < 1.29 is 4.52 Å². The van der Waals surface area contributed by atoms with Crippen molar-refractivity contribution in [1.82, 2.24) is 24.9 Å². The van der Waals surface area contributed by atoms with E-state index in [1.54, 1.807) is 11.0 Å². The zero-order valence-electron chi connectivity index (χ0n) is 13.6. The first-order chi connectivity index (χ1) is 12.4. The van der Waals surface area contributed by atoms with Gasteiger partial charge in [0.25, 0.3) is 5.89 Å². The molecule has 0 N–H and O–H groups in total. The van der Waals surface area contributed by atoms with Gasteiger partial charge >= 0.3 is 0 Å². The molecular weight excluding hydrogens is 314 g/mol. The van der Waals surface area contributed by atoms with Crippen molar-refractivity contribution in [3.8, 4) is 11.5 Å². The lowest BCUT2D eigenvalue weighted by Gasteiger charge is -2.05. The quantitative estimate of drug-likeness (QED) is 0.543. The molecule has 0 atom stereocenters. The van der Waals surface area contributed by atoms with E-state index < -0.39 is 0 Å². The molecule has 0 saturated carbocycles. The van der Waals surface area contributed by atoms with Gasteiger partial charge in [0.1, 0.15) is 12.7 Å². The highest BCUT2D eigenvalue weighted by Crippen LogP contribution is 2.23. The molecule has 6 nitrogen and oxygen atoms in total. The number of hydrogen-bond donors (Lipinski definition) is 0. The van der Waals surface area contributed by atoms with Crippen molar-refractivity contribution in [2.45, 2.75) is 19.4 Å². The van der Waals surface area contributed by atoms with E-state index in [4.69, 9.17) is 4.52 Å². The fourth-order valence-electron chi connectivity index (χ4n) is 2.72. The highest BCUT2D eigenvalue weighted by molar-refractivity contribution is 5.58. The molecule has 0 unspecified atom stereocenters. The Kier molecular flexibility index (Phi) is 4.33. The Labute approximate surface area is 145 Å². The monoisotopic (exact) mass is 331 g/mol. The van der Waals surface area contributed by atoms with E-state index in [9.17, 15) is 0 Å². The Hall–Kier alpha value is -3.28. The van der Waals surface area contributed by atoms with Crippen LogP contribution >= 0.6 is 0 Å². The van der Waals surface area contributed by atoms with Gasteiger partial charge in [-0.3, -0.25) is 0 Å². The van der Waals surface area contributed by atoms with Crippen LogP contribution in [0.2, 0.25) is 0 Å². The molecule has 2 aromatic heterocycles. The van der Waals surface area contributed by atoms with E-state index in [-0.39, 0.29) is 0 Å². The standard InChI is InChI=1S/C19H17N5O/c1-2-6-15(7-3-1)10-11-18-22-19(25-23-18)17-9-5-4-8-16(17)12-24-14-20-13-21-24/h1-9,13-14H,10-12H2. The highest BCUT2D eigenvalue weighted by atomic mass is 16.5. The second-order valence-corrected chi connectivity index (χ2v) is 5.75. The van der Waals surface area contributed by atoms with Crippen LogP contribution in [0.25, 0.3) is 11.5 Å². The van der Waals surface area contributed by atoms with Crippen molar-refractivity contribution >= 4 is 0 Å². The summed E-state index contributed by atoms with van der Waals surface area (Å²) in [6.07, 6.45) is 4.85. The summed E-state index contributed by atoms with van der Waals surface area (Å²) in [5, 5.41) is 8.28. The van der Waals surface area contributed by atoms with E-state index in [0.717, 1.165) is 29.8 Å². The van der Waals surface area contributed by atoms with E-state index in [1.807, 2.05) is 42.5 Å².